The van der Waals surface area contributed by atoms with Gasteiger partial charge in [0.1, 0.15) is 30.5 Å². The van der Waals surface area contributed by atoms with Gasteiger partial charge in [0, 0.05) is 0 Å². The fourth-order valence-electron chi connectivity index (χ4n) is 2.77. The molecule has 0 atom stereocenters. The SMILES string of the molecule is COc1ccc(OCCOC(=O)c2cccc(S(=O)(=O)Nc3ccccc3OC)c2)cc1. The number of anilines is 1. The summed E-state index contributed by atoms with van der Waals surface area (Å²) in [6.07, 6.45) is 0. The van der Waals surface area contributed by atoms with Gasteiger partial charge in [0.15, 0.2) is 0 Å². The molecule has 0 aliphatic rings. The zero-order valence-corrected chi connectivity index (χ0v) is 18.4. The van der Waals surface area contributed by atoms with Crippen molar-refractivity contribution in [2.75, 3.05) is 32.2 Å². The third-order valence-corrected chi connectivity index (χ3v) is 5.74. The topological polar surface area (TPSA) is 100 Å². The van der Waals surface area contributed by atoms with Crippen molar-refractivity contribution in [3.63, 3.8) is 0 Å². The van der Waals surface area contributed by atoms with E-state index in [2.05, 4.69) is 4.72 Å². The lowest BCUT2D eigenvalue weighted by Gasteiger charge is -2.12. The Hall–Kier alpha value is -3.72. The molecule has 8 nitrogen and oxygen atoms in total. The summed E-state index contributed by atoms with van der Waals surface area (Å²) in [5, 5.41) is 0. The van der Waals surface area contributed by atoms with Crippen molar-refractivity contribution in [3.05, 3.63) is 78.4 Å². The van der Waals surface area contributed by atoms with Crippen molar-refractivity contribution in [1.82, 2.24) is 0 Å². The van der Waals surface area contributed by atoms with Gasteiger partial charge in [-0.3, -0.25) is 4.72 Å². The summed E-state index contributed by atoms with van der Waals surface area (Å²) in [5.74, 6) is 1.04. The Morgan fingerprint density at radius 1 is 0.844 bits per heavy atom. The van der Waals surface area contributed by atoms with E-state index in [4.69, 9.17) is 18.9 Å². The molecule has 0 unspecified atom stereocenters. The van der Waals surface area contributed by atoms with E-state index in [1.54, 1.807) is 55.6 Å². The molecule has 0 aliphatic carbocycles. The first kappa shape index (κ1) is 23.0. The maximum absolute atomic E-state index is 12.8. The van der Waals surface area contributed by atoms with Crippen LogP contribution in [0.3, 0.4) is 0 Å². The number of hydrogen-bond acceptors (Lipinski definition) is 7. The van der Waals surface area contributed by atoms with Crippen LogP contribution in [0.4, 0.5) is 5.69 Å². The van der Waals surface area contributed by atoms with E-state index in [0.717, 1.165) is 0 Å². The highest BCUT2D eigenvalue weighted by atomic mass is 32.2. The maximum atomic E-state index is 12.8. The molecule has 0 saturated carbocycles. The van der Waals surface area contributed by atoms with E-state index in [-0.39, 0.29) is 23.7 Å². The van der Waals surface area contributed by atoms with Crippen LogP contribution in [0.2, 0.25) is 0 Å². The van der Waals surface area contributed by atoms with Crippen molar-refractivity contribution >= 4 is 21.7 Å². The first-order chi connectivity index (χ1) is 15.4. The third kappa shape index (κ3) is 5.92. The molecule has 0 radical (unpaired) electrons. The van der Waals surface area contributed by atoms with Crippen molar-refractivity contribution in [1.29, 1.82) is 0 Å². The Morgan fingerprint density at radius 3 is 2.28 bits per heavy atom. The molecule has 0 fully saturated rings. The predicted molar refractivity (Wildman–Crippen MR) is 119 cm³/mol. The number of hydrogen-bond donors (Lipinski definition) is 1. The Balaban J connectivity index is 1.59. The second-order valence-electron chi connectivity index (χ2n) is 6.49. The van der Waals surface area contributed by atoms with Gasteiger partial charge in [0.2, 0.25) is 0 Å². The number of methoxy groups -OCH3 is 2. The van der Waals surface area contributed by atoms with Crippen LogP contribution in [-0.4, -0.2) is 41.8 Å². The van der Waals surface area contributed by atoms with Crippen molar-refractivity contribution in [3.8, 4) is 17.2 Å². The van der Waals surface area contributed by atoms with Gasteiger partial charge >= 0.3 is 5.97 Å². The monoisotopic (exact) mass is 457 g/mol. The van der Waals surface area contributed by atoms with Gasteiger partial charge in [-0.25, -0.2) is 13.2 Å². The summed E-state index contributed by atoms with van der Waals surface area (Å²) in [6, 6.07) is 19.2. The van der Waals surface area contributed by atoms with E-state index in [9.17, 15) is 13.2 Å². The minimum Gasteiger partial charge on any atom is -0.497 e. The third-order valence-electron chi connectivity index (χ3n) is 4.38. The Kier molecular flexibility index (Phi) is 7.56. The smallest absolute Gasteiger partial charge is 0.338 e. The fourth-order valence-corrected chi connectivity index (χ4v) is 3.89. The molecule has 1 N–H and O–H groups in total. The van der Waals surface area contributed by atoms with Crippen LogP contribution in [0.5, 0.6) is 17.2 Å². The standard InChI is InChI=1S/C23H23NO7S/c1-28-18-10-12-19(13-11-18)30-14-15-31-23(25)17-6-5-7-20(16-17)32(26,27)24-21-8-3-4-9-22(21)29-2/h3-13,16,24H,14-15H2,1-2H3. The Bertz CT molecular complexity index is 1160. The molecule has 0 bridgehead atoms. The molecule has 9 heteroatoms. The molecule has 168 valence electrons. The number of benzene rings is 3. The van der Waals surface area contributed by atoms with Gasteiger partial charge in [-0.1, -0.05) is 18.2 Å². The van der Waals surface area contributed by atoms with Crippen LogP contribution in [0, 0.1) is 0 Å². The minimum atomic E-state index is -3.94. The lowest BCUT2D eigenvalue weighted by atomic mass is 10.2. The van der Waals surface area contributed by atoms with Gasteiger partial charge in [-0.05, 0) is 54.6 Å². The zero-order valence-electron chi connectivity index (χ0n) is 17.6. The number of esters is 1. The zero-order chi connectivity index (χ0) is 23.0. The van der Waals surface area contributed by atoms with E-state index in [1.807, 2.05) is 0 Å². The van der Waals surface area contributed by atoms with Gasteiger partial charge < -0.3 is 18.9 Å². The average molecular weight is 458 g/mol. The summed E-state index contributed by atoms with van der Waals surface area (Å²) >= 11 is 0. The molecular formula is C23H23NO7S. The van der Waals surface area contributed by atoms with E-state index in [0.29, 0.717) is 22.9 Å². The summed E-state index contributed by atoms with van der Waals surface area (Å²) in [5.41, 5.74) is 0.399. The molecule has 0 aromatic heterocycles. The lowest BCUT2D eigenvalue weighted by molar-refractivity contribution is 0.0450. The number of carbonyl (C=O) groups excluding carboxylic acids is 1. The van der Waals surface area contributed by atoms with Crippen LogP contribution in [-0.2, 0) is 14.8 Å². The molecule has 0 saturated heterocycles. The number of para-hydroxylation sites is 2. The number of nitrogens with one attached hydrogen (secondary N) is 1. The van der Waals surface area contributed by atoms with Crippen LogP contribution < -0.4 is 18.9 Å². The van der Waals surface area contributed by atoms with Gasteiger partial charge in [0.25, 0.3) is 10.0 Å². The molecular weight excluding hydrogens is 434 g/mol. The molecule has 0 spiro atoms. The summed E-state index contributed by atoms with van der Waals surface area (Å²) in [6.45, 7) is 0.146. The van der Waals surface area contributed by atoms with Crippen LogP contribution >= 0.6 is 0 Å². The first-order valence-corrected chi connectivity index (χ1v) is 11.1. The van der Waals surface area contributed by atoms with E-state index >= 15 is 0 Å². The highest BCUT2D eigenvalue weighted by molar-refractivity contribution is 7.92. The summed E-state index contributed by atoms with van der Waals surface area (Å²) in [7, 11) is -0.922. The number of carbonyl (C=O) groups is 1. The minimum absolute atomic E-state index is 0.00129. The second-order valence-corrected chi connectivity index (χ2v) is 8.18. The molecule has 0 aliphatic heterocycles. The quantitative estimate of drug-likeness (QED) is 0.366. The van der Waals surface area contributed by atoms with Gasteiger partial charge in [0.05, 0.1) is 30.4 Å². The van der Waals surface area contributed by atoms with Crippen LogP contribution in [0.15, 0.2) is 77.7 Å². The van der Waals surface area contributed by atoms with Crippen molar-refractivity contribution in [2.24, 2.45) is 0 Å². The molecule has 3 rings (SSSR count). The number of rotatable bonds is 10. The van der Waals surface area contributed by atoms with Crippen LogP contribution in [0.1, 0.15) is 10.4 Å². The Morgan fingerprint density at radius 2 is 1.56 bits per heavy atom. The maximum Gasteiger partial charge on any atom is 0.338 e. The van der Waals surface area contributed by atoms with Gasteiger partial charge in [-0.15, -0.1) is 0 Å². The molecule has 32 heavy (non-hydrogen) atoms. The first-order valence-electron chi connectivity index (χ1n) is 9.63. The average Bonchev–Trinajstić information content (AvgIpc) is 2.82. The number of ether oxygens (including phenoxy) is 4. The predicted octanol–water partition coefficient (Wildman–Crippen LogP) is 3.74. The summed E-state index contributed by atoms with van der Waals surface area (Å²) < 4.78 is 48.9. The fraction of sp³-hybridized carbons (Fsp3) is 0.174. The molecule has 3 aromatic rings. The van der Waals surface area contributed by atoms with E-state index in [1.165, 1.54) is 31.4 Å². The second kappa shape index (κ2) is 10.5. The van der Waals surface area contributed by atoms with Gasteiger partial charge in [-0.2, -0.15) is 0 Å². The highest BCUT2D eigenvalue weighted by Gasteiger charge is 2.18. The van der Waals surface area contributed by atoms with E-state index < -0.39 is 16.0 Å². The Labute approximate surface area is 186 Å². The molecule has 0 heterocycles. The lowest BCUT2D eigenvalue weighted by Crippen LogP contribution is -2.16. The summed E-state index contributed by atoms with van der Waals surface area (Å²) in [4.78, 5) is 12.3. The normalized spacial score (nSPS) is 10.8. The molecule has 0 amide bonds. The van der Waals surface area contributed by atoms with Crippen molar-refractivity contribution in [2.45, 2.75) is 4.90 Å². The molecule has 3 aromatic carbocycles. The highest BCUT2D eigenvalue weighted by Crippen LogP contribution is 2.26. The largest absolute Gasteiger partial charge is 0.497 e. The van der Waals surface area contributed by atoms with Crippen molar-refractivity contribution < 1.29 is 32.2 Å². The number of sulfonamides is 1. The van der Waals surface area contributed by atoms with Crippen LogP contribution in [0.25, 0.3) is 0 Å².